The summed E-state index contributed by atoms with van der Waals surface area (Å²) in [4.78, 5) is 11.0. The quantitative estimate of drug-likeness (QED) is 0.718. The normalized spacial score (nSPS) is 10.5. The molecule has 4 nitrogen and oxygen atoms in total. The second-order valence-corrected chi connectivity index (χ2v) is 3.20. The Morgan fingerprint density at radius 3 is 3.07 bits per heavy atom. The summed E-state index contributed by atoms with van der Waals surface area (Å²) in [6, 6.07) is 7.58. The van der Waals surface area contributed by atoms with Crippen LogP contribution in [0.5, 0.6) is 0 Å². The van der Waals surface area contributed by atoms with Crippen molar-refractivity contribution in [2.45, 2.75) is 12.8 Å². The van der Waals surface area contributed by atoms with Crippen LogP contribution in [-0.4, -0.2) is 18.2 Å². The van der Waals surface area contributed by atoms with Gasteiger partial charge in [0.25, 0.3) is 0 Å². The molecule has 0 aliphatic rings. The third kappa shape index (κ3) is 1.98. The number of carbonyl (C=O) groups excluding carboxylic acids is 1. The van der Waals surface area contributed by atoms with E-state index in [-0.39, 0.29) is 5.97 Å². The Morgan fingerprint density at radius 1 is 1.47 bits per heavy atom. The van der Waals surface area contributed by atoms with E-state index in [4.69, 9.17) is 4.52 Å². The number of nitrogens with zero attached hydrogens (tertiary/aromatic N) is 1. The van der Waals surface area contributed by atoms with Gasteiger partial charge in [-0.2, -0.15) is 0 Å². The van der Waals surface area contributed by atoms with Gasteiger partial charge in [0, 0.05) is 11.8 Å². The summed E-state index contributed by atoms with van der Waals surface area (Å²) in [5, 5.41) is 4.88. The fraction of sp³-hybridized carbons (Fsp3) is 0.273. The first-order valence-corrected chi connectivity index (χ1v) is 4.71. The Balaban J connectivity index is 2.18. The van der Waals surface area contributed by atoms with Gasteiger partial charge in [0.05, 0.1) is 19.2 Å². The van der Waals surface area contributed by atoms with Crippen LogP contribution in [-0.2, 0) is 16.0 Å². The summed E-state index contributed by atoms with van der Waals surface area (Å²) < 4.78 is 9.68. The van der Waals surface area contributed by atoms with E-state index in [1.165, 1.54) is 7.11 Å². The minimum atomic E-state index is -0.234. The van der Waals surface area contributed by atoms with Crippen molar-refractivity contribution in [1.29, 1.82) is 0 Å². The first-order chi connectivity index (χ1) is 7.31. The zero-order valence-electron chi connectivity index (χ0n) is 8.40. The molecule has 0 aliphatic heterocycles. The number of para-hydroxylation sites is 1. The molecule has 2 rings (SSSR count). The highest BCUT2D eigenvalue weighted by Gasteiger charge is 2.09. The Labute approximate surface area is 86.8 Å². The van der Waals surface area contributed by atoms with Crippen LogP contribution in [0.1, 0.15) is 12.1 Å². The van der Waals surface area contributed by atoms with Crippen molar-refractivity contribution in [3.8, 4) is 0 Å². The van der Waals surface area contributed by atoms with Crippen molar-refractivity contribution in [2.24, 2.45) is 0 Å². The van der Waals surface area contributed by atoms with Gasteiger partial charge in [-0.25, -0.2) is 0 Å². The number of hydrogen-bond donors (Lipinski definition) is 0. The summed E-state index contributed by atoms with van der Waals surface area (Å²) >= 11 is 0. The van der Waals surface area contributed by atoms with Gasteiger partial charge < -0.3 is 9.26 Å². The number of aromatic nitrogens is 1. The first kappa shape index (κ1) is 9.71. The van der Waals surface area contributed by atoms with E-state index in [0.29, 0.717) is 12.8 Å². The maximum absolute atomic E-state index is 11.0. The number of rotatable bonds is 3. The van der Waals surface area contributed by atoms with Gasteiger partial charge in [-0.3, -0.25) is 4.79 Å². The van der Waals surface area contributed by atoms with Gasteiger partial charge in [-0.05, 0) is 12.1 Å². The second kappa shape index (κ2) is 4.13. The van der Waals surface area contributed by atoms with E-state index in [1.807, 2.05) is 24.3 Å². The highest BCUT2D eigenvalue weighted by molar-refractivity contribution is 5.80. The number of carbonyl (C=O) groups is 1. The molecule has 0 radical (unpaired) electrons. The summed E-state index contributed by atoms with van der Waals surface area (Å²) in [6.45, 7) is 0. The number of methoxy groups -OCH3 is 1. The van der Waals surface area contributed by atoms with Crippen LogP contribution in [0.25, 0.3) is 11.0 Å². The maximum atomic E-state index is 11.0. The molecular weight excluding hydrogens is 194 g/mol. The van der Waals surface area contributed by atoms with Gasteiger partial charge in [0.2, 0.25) is 0 Å². The molecule has 0 bridgehead atoms. The van der Waals surface area contributed by atoms with E-state index >= 15 is 0 Å². The lowest BCUT2D eigenvalue weighted by Gasteiger charge is -1.95. The molecule has 0 atom stereocenters. The highest BCUT2D eigenvalue weighted by atomic mass is 16.5. The molecule has 0 unspecified atom stereocenters. The SMILES string of the molecule is COC(=O)CCc1noc2ccccc12. The lowest BCUT2D eigenvalue weighted by molar-refractivity contribution is -0.140. The Hall–Kier alpha value is -1.84. The topological polar surface area (TPSA) is 52.3 Å². The standard InChI is InChI=1S/C11H11NO3/c1-14-11(13)7-6-9-8-4-2-3-5-10(8)15-12-9/h2-5H,6-7H2,1H3. The van der Waals surface area contributed by atoms with Crippen LogP contribution in [0.2, 0.25) is 0 Å². The molecule has 0 saturated carbocycles. The predicted molar refractivity (Wildman–Crippen MR) is 54.3 cm³/mol. The number of esters is 1. The third-order valence-corrected chi connectivity index (χ3v) is 2.25. The van der Waals surface area contributed by atoms with E-state index in [9.17, 15) is 4.79 Å². The fourth-order valence-corrected chi connectivity index (χ4v) is 1.44. The summed E-state index contributed by atoms with van der Waals surface area (Å²) in [6.07, 6.45) is 0.872. The molecule has 1 heterocycles. The second-order valence-electron chi connectivity index (χ2n) is 3.20. The van der Waals surface area contributed by atoms with Crippen molar-refractivity contribution in [2.75, 3.05) is 7.11 Å². The molecule has 1 aromatic carbocycles. The van der Waals surface area contributed by atoms with Crippen molar-refractivity contribution >= 4 is 16.9 Å². The van der Waals surface area contributed by atoms with Crippen molar-refractivity contribution in [3.63, 3.8) is 0 Å². The van der Waals surface area contributed by atoms with Crippen LogP contribution < -0.4 is 0 Å². The van der Waals surface area contributed by atoms with Gasteiger partial charge in [-0.1, -0.05) is 17.3 Å². The van der Waals surface area contributed by atoms with E-state index in [2.05, 4.69) is 9.89 Å². The molecule has 1 aromatic heterocycles. The van der Waals surface area contributed by atoms with Gasteiger partial charge >= 0.3 is 5.97 Å². The van der Waals surface area contributed by atoms with E-state index in [1.54, 1.807) is 0 Å². The van der Waals surface area contributed by atoms with Gasteiger partial charge in [0.1, 0.15) is 0 Å². The molecule has 0 aliphatic carbocycles. The largest absolute Gasteiger partial charge is 0.469 e. The van der Waals surface area contributed by atoms with Gasteiger partial charge in [0.15, 0.2) is 5.58 Å². The number of benzene rings is 1. The summed E-state index contributed by atoms with van der Waals surface area (Å²) in [7, 11) is 1.38. The molecule has 0 amide bonds. The zero-order chi connectivity index (χ0) is 10.7. The highest BCUT2D eigenvalue weighted by Crippen LogP contribution is 2.18. The number of aryl methyl sites for hydroxylation is 1. The molecule has 15 heavy (non-hydrogen) atoms. The molecule has 2 aromatic rings. The Bertz CT molecular complexity index is 475. The van der Waals surface area contributed by atoms with Gasteiger partial charge in [-0.15, -0.1) is 0 Å². The molecule has 4 heteroatoms. The molecule has 0 fully saturated rings. The number of hydrogen-bond acceptors (Lipinski definition) is 4. The van der Waals surface area contributed by atoms with Crippen LogP contribution in [0.4, 0.5) is 0 Å². The minimum absolute atomic E-state index is 0.234. The molecule has 0 saturated heterocycles. The number of fused-ring (bicyclic) bond motifs is 1. The lowest BCUT2D eigenvalue weighted by atomic mass is 10.1. The average molecular weight is 205 g/mol. The maximum Gasteiger partial charge on any atom is 0.305 e. The fourth-order valence-electron chi connectivity index (χ4n) is 1.44. The summed E-state index contributed by atoms with van der Waals surface area (Å²) in [5.74, 6) is -0.234. The Morgan fingerprint density at radius 2 is 2.27 bits per heavy atom. The van der Waals surface area contributed by atoms with Crippen LogP contribution in [0.15, 0.2) is 28.8 Å². The van der Waals surface area contributed by atoms with Crippen molar-refractivity contribution in [1.82, 2.24) is 5.16 Å². The molecule has 78 valence electrons. The number of ether oxygens (including phenoxy) is 1. The lowest BCUT2D eigenvalue weighted by Crippen LogP contribution is -2.02. The predicted octanol–water partition coefficient (Wildman–Crippen LogP) is 1.93. The van der Waals surface area contributed by atoms with Crippen LogP contribution in [0.3, 0.4) is 0 Å². The van der Waals surface area contributed by atoms with Crippen molar-refractivity contribution < 1.29 is 14.1 Å². The van der Waals surface area contributed by atoms with Crippen molar-refractivity contribution in [3.05, 3.63) is 30.0 Å². The monoisotopic (exact) mass is 205 g/mol. The third-order valence-electron chi connectivity index (χ3n) is 2.25. The average Bonchev–Trinajstić information content (AvgIpc) is 2.69. The summed E-state index contributed by atoms with van der Waals surface area (Å²) in [5.41, 5.74) is 1.55. The molecule has 0 spiro atoms. The van der Waals surface area contributed by atoms with Crippen LogP contribution in [0, 0.1) is 0 Å². The van der Waals surface area contributed by atoms with E-state index in [0.717, 1.165) is 16.7 Å². The first-order valence-electron chi connectivity index (χ1n) is 4.71. The molecule has 0 N–H and O–H groups in total. The zero-order valence-corrected chi connectivity index (χ0v) is 8.40. The minimum Gasteiger partial charge on any atom is -0.469 e. The van der Waals surface area contributed by atoms with E-state index < -0.39 is 0 Å². The molecular formula is C11H11NO3. The van der Waals surface area contributed by atoms with Crippen LogP contribution >= 0.6 is 0 Å². The Kier molecular flexibility index (Phi) is 2.67. The smallest absolute Gasteiger partial charge is 0.305 e.